The zero-order chi connectivity index (χ0) is 15.1. The fourth-order valence-electron chi connectivity index (χ4n) is 2.04. The number of esters is 1. The normalized spacial score (nSPS) is 13.9. The molecule has 0 aliphatic heterocycles. The molecule has 0 aliphatic carbocycles. The second-order valence-electron chi connectivity index (χ2n) is 4.95. The van der Waals surface area contributed by atoms with Crippen LogP contribution in [0.4, 0.5) is 0 Å². The predicted molar refractivity (Wildman–Crippen MR) is 77.6 cm³/mol. The van der Waals surface area contributed by atoms with Crippen LogP contribution in [0.15, 0.2) is 24.3 Å². The lowest BCUT2D eigenvalue weighted by molar-refractivity contribution is -0.152. The first kappa shape index (κ1) is 16.5. The molecule has 2 atom stereocenters. The van der Waals surface area contributed by atoms with Gasteiger partial charge in [-0.1, -0.05) is 19.1 Å². The summed E-state index contributed by atoms with van der Waals surface area (Å²) in [6.07, 6.45) is -0.292. The summed E-state index contributed by atoms with van der Waals surface area (Å²) in [5.41, 5.74) is 0.669. The molecule has 1 rings (SSSR count). The Kier molecular flexibility index (Phi) is 6.52. The second kappa shape index (κ2) is 7.90. The van der Waals surface area contributed by atoms with E-state index in [9.17, 15) is 9.90 Å². The van der Waals surface area contributed by atoms with Crippen LogP contribution in [0.1, 0.15) is 45.8 Å². The van der Waals surface area contributed by atoms with E-state index in [0.29, 0.717) is 24.3 Å². The van der Waals surface area contributed by atoms with Gasteiger partial charge in [-0.15, -0.1) is 0 Å². The Morgan fingerprint density at radius 2 is 2.00 bits per heavy atom. The lowest BCUT2D eigenvalue weighted by Gasteiger charge is -2.21. The molecule has 0 heterocycles. The third-order valence-electron chi connectivity index (χ3n) is 2.98. The van der Waals surface area contributed by atoms with Crippen molar-refractivity contribution < 1.29 is 19.4 Å². The van der Waals surface area contributed by atoms with Crippen molar-refractivity contribution in [3.05, 3.63) is 29.8 Å². The average molecular weight is 280 g/mol. The molecule has 1 aromatic carbocycles. The molecule has 0 spiro atoms. The van der Waals surface area contributed by atoms with Crippen molar-refractivity contribution in [3.8, 4) is 5.75 Å². The van der Waals surface area contributed by atoms with Gasteiger partial charge in [0, 0.05) is 0 Å². The van der Waals surface area contributed by atoms with Crippen molar-refractivity contribution in [1.82, 2.24) is 0 Å². The van der Waals surface area contributed by atoms with E-state index in [1.165, 1.54) is 0 Å². The molecule has 0 saturated heterocycles. The maximum atomic E-state index is 11.8. The molecule has 1 aromatic rings. The number of carbonyl (C=O) groups is 1. The van der Waals surface area contributed by atoms with E-state index < -0.39 is 12.0 Å². The monoisotopic (exact) mass is 280 g/mol. The number of ether oxygens (including phenoxy) is 2. The molecule has 0 aliphatic rings. The van der Waals surface area contributed by atoms with Crippen LogP contribution in [0.3, 0.4) is 0 Å². The summed E-state index contributed by atoms with van der Waals surface area (Å²) in [6.45, 7) is 7.82. The molecular formula is C16H24O4. The first-order chi connectivity index (χ1) is 9.49. The molecule has 0 aromatic heterocycles. The molecule has 4 nitrogen and oxygen atoms in total. The van der Waals surface area contributed by atoms with Crippen LogP contribution in [0.25, 0.3) is 0 Å². The zero-order valence-electron chi connectivity index (χ0n) is 12.6. The Labute approximate surface area is 120 Å². The summed E-state index contributed by atoms with van der Waals surface area (Å²) in [5.74, 6) is -0.225. The number of hydrogen-bond donors (Lipinski definition) is 1. The van der Waals surface area contributed by atoms with Crippen molar-refractivity contribution in [2.24, 2.45) is 5.92 Å². The number of carbonyl (C=O) groups excluding carboxylic acids is 1. The third-order valence-corrected chi connectivity index (χ3v) is 2.98. The van der Waals surface area contributed by atoms with Crippen LogP contribution in [0, 0.1) is 5.92 Å². The highest BCUT2D eigenvalue weighted by atomic mass is 16.5. The average Bonchev–Trinajstić information content (AvgIpc) is 2.39. The van der Waals surface area contributed by atoms with Gasteiger partial charge in [0.2, 0.25) is 0 Å². The minimum atomic E-state index is -0.880. The largest absolute Gasteiger partial charge is 0.491 e. The molecule has 20 heavy (non-hydrogen) atoms. The Morgan fingerprint density at radius 1 is 1.30 bits per heavy atom. The van der Waals surface area contributed by atoms with E-state index in [1.807, 2.05) is 32.9 Å². The minimum absolute atomic E-state index is 0.0643. The molecule has 0 bridgehead atoms. The number of benzene rings is 1. The van der Waals surface area contributed by atoms with Gasteiger partial charge in [0.25, 0.3) is 0 Å². The Hall–Kier alpha value is -1.55. The predicted octanol–water partition coefficient (Wildman–Crippen LogP) is 3.10. The van der Waals surface area contributed by atoms with Gasteiger partial charge >= 0.3 is 5.97 Å². The lowest BCUT2D eigenvalue weighted by atomic mass is 9.93. The summed E-state index contributed by atoms with van der Waals surface area (Å²) >= 11 is 0. The first-order valence-electron chi connectivity index (χ1n) is 7.10. The SMILES string of the molecule is CCOC(=O)C(CC)C(O)c1cccc(OC(C)C)c1. The summed E-state index contributed by atoms with van der Waals surface area (Å²) in [6, 6.07) is 7.21. The van der Waals surface area contributed by atoms with Gasteiger partial charge in [0.1, 0.15) is 5.75 Å². The Balaban J connectivity index is 2.88. The van der Waals surface area contributed by atoms with E-state index in [1.54, 1.807) is 19.1 Å². The summed E-state index contributed by atoms with van der Waals surface area (Å²) in [7, 11) is 0. The van der Waals surface area contributed by atoms with Crippen molar-refractivity contribution >= 4 is 5.97 Å². The molecule has 0 saturated carbocycles. The Bertz CT molecular complexity index is 428. The molecule has 0 fully saturated rings. The first-order valence-corrected chi connectivity index (χ1v) is 7.10. The molecular weight excluding hydrogens is 256 g/mol. The molecule has 0 radical (unpaired) electrons. The van der Waals surface area contributed by atoms with E-state index in [4.69, 9.17) is 9.47 Å². The fourth-order valence-corrected chi connectivity index (χ4v) is 2.04. The Morgan fingerprint density at radius 3 is 2.55 bits per heavy atom. The smallest absolute Gasteiger partial charge is 0.311 e. The number of hydrogen-bond acceptors (Lipinski definition) is 4. The summed E-state index contributed by atoms with van der Waals surface area (Å²) in [5, 5.41) is 10.4. The topological polar surface area (TPSA) is 55.8 Å². The van der Waals surface area contributed by atoms with Crippen molar-refractivity contribution in [1.29, 1.82) is 0 Å². The van der Waals surface area contributed by atoms with Gasteiger partial charge in [-0.05, 0) is 44.9 Å². The van der Waals surface area contributed by atoms with Crippen LogP contribution in [0.2, 0.25) is 0 Å². The maximum absolute atomic E-state index is 11.8. The van der Waals surface area contributed by atoms with E-state index in [-0.39, 0.29) is 12.1 Å². The summed E-state index contributed by atoms with van der Waals surface area (Å²) < 4.78 is 10.6. The van der Waals surface area contributed by atoms with Crippen molar-refractivity contribution in [2.75, 3.05) is 6.61 Å². The van der Waals surface area contributed by atoms with Gasteiger partial charge in [0.15, 0.2) is 0 Å². The van der Waals surface area contributed by atoms with Crippen molar-refractivity contribution in [2.45, 2.75) is 46.3 Å². The van der Waals surface area contributed by atoms with E-state index >= 15 is 0 Å². The van der Waals surface area contributed by atoms with Crippen LogP contribution in [-0.4, -0.2) is 23.8 Å². The van der Waals surface area contributed by atoms with Crippen LogP contribution in [0.5, 0.6) is 5.75 Å². The van der Waals surface area contributed by atoms with Gasteiger partial charge in [-0.3, -0.25) is 4.79 Å². The summed E-state index contributed by atoms with van der Waals surface area (Å²) in [4.78, 5) is 11.8. The zero-order valence-corrected chi connectivity index (χ0v) is 12.6. The van der Waals surface area contributed by atoms with Gasteiger partial charge < -0.3 is 14.6 Å². The lowest BCUT2D eigenvalue weighted by Crippen LogP contribution is -2.24. The number of aliphatic hydroxyl groups excluding tert-OH is 1. The standard InChI is InChI=1S/C16H24O4/c1-5-14(16(18)19-6-2)15(17)12-8-7-9-13(10-12)20-11(3)4/h7-11,14-15,17H,5-6H2,1-4H3. The van der Waals surface area contributed by atoms with Crippen LogP contribution < -0.4 is 4.74 Å². The number of rotatable bonds is 7. The fraction of sp³-hybridized carbons (Fsp3) is 0.562. The van der Waals surface area contributed by atoms with E-state index in [0.717, 1.165) is 0 Å². The highest BCUT2D eigenvalue weighted by Gasteiger charge is 2.27. The molecule has 1 N–H and O–H groups in total. The molecule has 112 valence electrons. The molecule has 2 unspecified atom stereocenters. The van der Waals surface area contributed by atoms with Gasteiger partial charge in [-0.25, -0.2) is 0 Å². The quantitative estimate of drug-likeness (QED) is 0.780. The molecule has 4 heteroatoms. The second-order valence-corrected chi connectivity index (χ2v) is 4.95. The third kappa shape index (κ3) is 4.53. The van der Waals surface area contributed by atoms with Crippen LogP contribution in [-0.2, 0) is 9.53 Å². The number of aliphatic hydroxyl groups is 1. The molecule has 0 amide bonds. The maximum Gasteiger partial charge on any atom is 0.311 e. The van der Waals surface area contributed by atoms with Crippen LogP contribution >= 0.6 is 0 Å². The van der Waals surface area contributed by atoms with Crippen molar-refractivity contribution in [3.63, 3.8) is 0 Å². The van der Waals surface area contributed by atoms with Gasteiger partial charge in [0.05, 0.1) is 24.7 Å². The highest BCUT2D eigenvalue weighted by Crippen LogP contribution is 2.28. The van der Waals surface area contributed by atoms with E-state index in [2.05, 4.69) is 0 Å². The highest BCUT2D eigenvalue weighted by molar-refractivity contribution is 5.73. The minimum Gasteiger partial charge on any atom is -0.491 e. The van der Waals surface area contributed by atoms with Gasteiger partial charge in [-0.2, -0.15) is 0 Å².